The van der Waals surface area contributed by atoms with Gasteiger partial charge >= 0.3 is 0 Å². The van der Waals surface area contributed by atoms with E-state index in [1.54, 1.807) is 17.4 Å². The normalized spacial score (nSPS) is 11.2. The maximum atomic E-state index is 9.10. The monoisotopic (exact) mass is 319 g/mol. The predicted octanol–water partition coefficient (Wildman–Crippen LogP) is 4.10. The summed E-state index contributed by atoms with van der Waals surface area (Å²) in [5.41, 5.74) is 1.47. The summed E-state index contributed by atoms with van der Waals surface area (Å²) >= 11 is 4.95. The SMILES string of the molecule is CC(C)(C)c1nc2c(Br)c(C#N)c(C#N)cc2s1. The second-order valence-corrected chi connectivity index (χ2v) is 6.78. The molecule has 0 aliphatic rings. The summed E-state index contributed by atoms with van der Waals surface area (Å²) in [4.78, 5) is 4.58. The van der Waals surface area contributed by atoms with Gasteiger partial charge in [-0.2, -0.15) is 10.5 Å². The fourth-order valence-electron chi connectivity index (χ4n) is 1.55. The van der Waals surface area contributed by atoms with E-state index in [9.17, 15) is 0 Å². The molecule has 1 heterocycles. The molecular formula is C13H10BrN3S. The van der Waals surface area contributed by atoms with E-state index in [0.29, 0.717) is 15.6 Å². The van der Waals surface area contributed by atoms with Crippen molar-refractivity contribution in [2.45, 2.75) is 26.2 Å². The van der Waals surface area contributed by atoms with Gasteiger partial charge in [0.2, 0.25) is 0 Å². The number of thiazole rings is 1. The number of benzene rings is 1. The minimum absolute atomic E-state index is 0.0389. The van der Waals surface area contributed by atoms with Crippen molar-refractivity contribution in [2.24, 2.45) is 0 Å². The number of rotatable bonds is 0. The summed E-state index contributed by atoms with van der Waals surface area (Å²) < 4.78 is 1.55. The summed E-state index contributed by atoms with van der Waals surface area (Å²) in [6, 6.07) is 5.85. The van der Waals surface area contributed by atoms with Crippen molar-refractivity contribution in [1.82, 2.24) is 4.98 Å². The quantitative estimate of drug-likeness (QED) is 0.734. The van der Waals surface area contributed by atoms with Crippen LogP contribution in [-0.2, 0) is 5.41 Å². The minimum atomic E-state index is -0.0389. The molecule has 3 nitrogen and oxygen atoms in total. The van der Waals surface area contributed by atoms with Crippen molar-refractivity contribution in [3.8, 4) is 12.1 Å². The highest BCUT2D eigenvalue weighted by Gasteiger charge is 2.21. The zero-order valence-electron chi connectivity index (χ0n) is 10.2. The molecule has 1 aromatic carbocycles. The van der Waals surface area contributed by atoms with E-state index in [1.165, 1.54) is 0 Å². The zero-order chi connectivity index (χ0) is 13.5. The summed E-state index contributed by atoms with van der Waals surface area (Å²) in [7, 11) is 0. The molecule has 2 aromatic rings. The average molecular weight is 320 g/mol. The van der Waals surface area contributed by atoms with E-state index < -0.39 is 0 Å². The Balaban J connectivity index is 2.84. The molecule has 0 bridgehead atoms. The van der Waals surface area contributed by atoms with Crippen LogP contribution in [0.4, 0.5) is 0 Å². The van der Waals surface area contributed by atoms with E-state index >= 15 is 0 Å². The fraction of sp³-hybridized carbons (Fsp3) is 0.308. The van der Waals surface area contributed by atoms with Gasteiger partial charge in [0.15, 0.2) is 0 Å². The Bertz CT molecular complexity index is 711. The van der Waals surface area contributed by atoms with Crippen LogP contribution >= 0.6 is 27.3 Å². The molecule has 0 saturated heterocycles. The Morgan fingerprint density at radius 2 is 1.94 bits per heavy atom. The van der Waals surface area contributed by atoms with Gasteiger partial charge in [-0.05, 0) is 22.0 Å². The molecule has 0 fully saturated rings. The Kier molecular flexibility index (Phi) is 3.14. The molecule has 0 radical (unpaired) electrons. The van der Waals surface area contributed by atoms with Crippen LogP contribution in [0.3, 0.4) is 0 Å². The lowest BCUT2D eigenvalue weighted by molar-refractivity contribution is 0.587. The predicted molar refractivity (Wildman–Crippen MR) is 75.5 cm³/mol. The lowest BCUT2D eigenvalue weighted by Crippen LogP contribution is -2.09. The van der Waals surface area contributed by atoms with E-state index in [2.05, 4.69) is 53.8 Å². The first-order valence-electron chi connectivity index (χ1n) is 5.32. The van der Waals surface area contributed by atoms with Crippen LogP contribution in [0.2, 0.25) is 0 Å². The molecule has 0 amide bonds. The van der Waals surface area contributed by atoms with Crippen LogP contribution in [0.5, 0.6) is 0 Å². The van der Waals surface area contributed by atoms with Gasteiger partial charge in [0.05, 0.1) is 30.8 Å². The number of fused-ring (bicyclic) bond motifs is 1. The third-order valence-corrected chi connectivity index (χ3v) is 4.70. The number of hydrogen-bond donors (Lipinski definition) is 0. The van der Waals surface area contributed by atoms with Crippen molar-refractivity contribution < 1.29 is 0 Å². The molecule has 0 spiro atoms. The lowest BCUT2D eigenvalue weighted by atomic mass is 9.98. The Morgan fingerprint density at radius 1 is 1.28 bits per heavy atom. The fourth-order valence-corrected chi connectivity index (χ4v) is 3.35. The second-order valence-electron chi connectivity index (χ2n) is 4.95. The highest BCUT2D eigenvalue weighted by molar-refractivity contribution is 9.10. The molecular weight excluding hydrogens is 310 g/mol. The van der Waals surface area contributed by atoms with E-state index in [0.717, 1.165) is 15.2 Å². The van der Waals surface area contributed by atoms with Crippen molar-refractivity contribution in [3.05, 3.63) is 26.7 Å². The lowest BCUT2D eigenvalue weighted by Gasteiger charge is -2.13. The van der Waals surface area contributed by atoms with Gasteiger partial charge in [-0.3, -0.25) is 0 Å². The molecule has 90 valence electrons. The standard InChI is InChI=1S/C13H10BrN3S/c1-13(2,3)12-17-11-9(18-12)4-7(5-15)8(6-16)10(11)14/h4H,1-3H3. The smallest absolute Gasteiger partial charge is 0.102 e. The van der Waals surface area contributed by atoms with Crippen LogP contribution < -0.4 is 0 Å². The Labute approximate surface area is 118 Å². The molecule has 0 N–H and O–H groups in total. The first kappa shape index (κ1) is 13.0. The third-order valence-electron chi connectivity index (χ3n) is 2.50. The molecule has 0 aliphatic carbocycles. The minimum Gasteiger partial charge on any atom is -0.239 e. The summed E-state index contributed by atoms with van der Waals surface area (Å²) in [6.07, 6.45) is 0. The zero-order valence-corrected chi connectivity index (χ0v) is 12.6. The van der Waals surface area contributed by atoms with Gasteiger partial charge in [-0.25, -0.2) is 4.98 Å². The van der Waals surface area contributed by atoms with Gasteiger partial charge in [-0.15, -0.1) is 11.3 Å². The first-order valence-corrected chi connectivity index (χ1v) is 6.93. The number of halogens is 1. The van der Waals surface area contributed by atoms with Crippen LogP contribution in [0.15, 0.2) is 10.5 Å². The van der Waals surface area contributed by atoms with Gasteiger partial charge in [0.25, 0.3) is 0 Å². The second kappa shape index (κ2) is 4.35. The average Bonchev–Trinajstić information content (AvgIpc) is 2.72. The van der Waals surface area contributed by atoms with Gasteiger partial charge in [0.1, 0.15) is 12.1 Å². The number of hydrogen-bond acceptors (Lipinski definition) is 4. The molecule has 18 heavy (non-hydrogen) atoms. The molecule has 0 saturated carbocycles. The van der Waals surface area contributed by atoms with Gasteiger partial charge in [0, 0.05) is 5.41 Å². The van der Waals surface area contributed by atoms with Crippen LogP contribution in [0.1, 0.15) is 36.9 Å². The Morgan fingerprint density at radius 3 is 2.44 bits per heavy atom. The third kappa shape index (κ3) is 2.01. The van der Waals surface area contributed by atoms with Crippen molar-refractivity contribution in [2.75, 3.05) is 0 Å². The molecule has 0 atom stereocenters. The van der Waals surface area contributed by atoms with Crippen molar-refractivity contribution >= 4 is 37.5 Å². The first-order chi connectivity index (χ1) is 8.38. The summed E-state index contributed by atoms with van der Waals surface area (Å²) in [5, 5.41) is 19.2. The Hall–Kier alpha value is -1.43. The molecule has 2 rings (SSSR count). The van der Waals surface area contributed by atoms with Crippen molar-refractivity contribution in [1.29, 1.82) is 10.5 Å². The topological polar surface area (TPSA) is 60.5 Å². The van der Waals surface area contributed by atoms with Crippen LogP contribution in [-0.4, -0.2) is 4.98 Å². The van der Waals surface area contributed by atoms with Gasteiger partial charge in [-0.1, -0.05) is 20.8 Å². The highest BCUT2D eigenvalue weighted by Crippen LogP contribution is 2.37. The van der Waals surface area contributed by atoms with Crippen LogP contribution in [0, 0.1) is 22.7 Å². The van der Waals surface area contributed by atoms with Crippen molar-refractivity contribution in [3.63, 3.8) is 0 Å². The summed E-state index contributed by atoms with van der Waals surface area (Å²) in [6.45, 7) is 6.28. The molecule has 5 heteroatoms. The number of aromatic nitrogens is 1. The van der Waals surface area contributed by atoms with E-state index in [1.807, 2.05) is 0 Å². The number of nitrogens with zero attached hydrogens (tertiary/aromatic N) is 3. The number of nitriles is 2. The van der Waals surface area contributed by atoms with E-state index in [-0.39, 0.29) is 5.41 Å². The molecule has 0 aliphatic heterocycles. The maximum Gasteiger partial charge on any atom is 0.102 e. The van der Waals surface area contributed by atoms with Crippen LogP contribution in [0.25, 0.3) is 10.2 Å². The largest absolute Gasteiger partial charge is 0.239 e. The molecule has 0 unspecified atom stereocenters. The highest BCUT2D eigenvalue weighted by atomic mass is 79.9. The van der Waals surface area contributed by atoms with Gasteiger partial charge < -0.3 is 0 Å². The summed E-state index contributed by atoms with van der Waals surface area (Å²) in [5.74, 6) is 0. The van der Waals surface area contributed by atoms with E-state index in [4.69, 9.17) is 10.5 Å². The molecule has 1 aromatic heterocycles. The maximum absolute atomic E-state index is 9.10.